The second-order valence-corrected chi connectivity index (χ2v) is 2.43. The number of allylic oxidation sites excluding steroid dienone is 2. The number of carbonyl (C=O) groups is 1. The zero-order valence-electron chi connectivity index (χ0n) is 6.47. The first-order valence-corrected chi connectivity index (χ1v) is 3.44. The normalized spacial score (nSPS) is 12.1. The van der Waals surface area contributed by atoms with Gasteiger partial charge in [-0.25, -0.2) is 0 Å². The molecule has 0 saturated heterocycles. The van der Waals surface area contributed by atoms with Crippen molar-refractivity contribution in [3.63, 3.8) is 0 Å². The van der Waals surface area contributed by atoms with Crippen LogP contribution in [0.3, 0.4) is 0 Å². The van der Waals surface area contributed by atoms with Crippen LogP contribution in [0, 0.1) is 5.92 Å². The average molecular weight is 138 g/mol. The minimum Gasteiger partial charge on any atom is -0.303 e. The molecular weight excluding hydrogens is 124 g/mol. The van der Waals surface area contributed by atoms with Crippen LogP contribution in [0.25, 0.3) is 0 Å². The summed E-state index contributed by atoms with van der Waals surface area (Å²) >= 11 is 0. The van der Waals surface area contributed by atoms with Gasteiger partial charge in [-0.05, 0) is 19.3 Å². The molecule has 0 aliphatic heterocycles. The lowest BCUT2D eigenvalue weighted by atomic mass is 9.97. The summed E-state index contributed by atoms with van der Waals surface area (Å²) in [5, 5.41) is 0. The van der Waals surface area contributed by atoms with Crippen LogP contribution >= 0.6 is 0 Å². The predicted octanol–water partition coefficient (Wildman–Crippen LogP) is 2.34. The summed E-state index contributed by atoms with van der Waals surface area (Å²) < 4.78 is 0. The van der Waals surface area contributed by atoms with E-state index in [0.717, 1.165) is 18.3 Å². The monoisotopic (exact) mass is 138 g/mol. The summed E-state index contributed by atoms with van der Waals surface area (Å²) in [6.07, 6.45) is 4.22. The highest BCUT2D eigenvalue weighted by atomic mass is 16.1. The van der Waals surface area contributed by atoms with Crippen LogP contribution in [0.2, 0.25) is 0 Å². The summed E-state index contributed by atoms with van der Waals surface area (Å²) in [6, 6.07) is 0. The van der Waals surface area contributed by atoms with Crippen molar-refractivity contribution in [1.82, 2.24) is 0 Å². The van der Waals surface area contributed by atoms with Crippen molar-refractivity contribution in [3.05, 3.63) is 24.8 Å². The summed E-state index contributed by atoms with van der Waals surface area (Å²) in [6.45, 7) is 9.41. The lowest BCUT2D eigenvalue weighted by Gasteiger charge is -2.08. The molecule has 56 valence electrons. The Labute approximate surface area is 62.4 Å². The minimum absolute atomic E-state index is 0.310. The number of hydrogen-bond acceptors (Lipinski definition) is 1. The molecule has 0 heterocycles. The summed E-state index contributed by atoms with van der Waals surface area (Å²) in [5.74, 6) is 0.310. The van der Waals surface area contributed by atoms with Gasteiger partial charge >= 0.3 is 0 Å². The van der Waals surface area contributed by atoms with E-state index in [9.17, 15) is 4.79 Å². The maximum Gasteiger partial charge on any atom is 0.120 e. The number of rotatable bonds is 5. The molecule has 10 heavy (non-hydrogen) atoms. The third kappa shape index (κ3) is 3.23. The van der Waals surface area contributed by atoms with Gasteiger partial charge in [0.15, 0.2) is 0 Å². The Morgan fingerprint density at radius 1 is 1.70 bits per heavy atom. The van der Waals surface area contributed by atoms with E-state index in [2.05, 4.69) is 13.2 Å². The first kappa shape index (κ1) is 9.15. The number of aldehydes is 1. The lowest BCUT2D eigenvalue weighted by Crippen LogP contribution is -1.96. The van der Waals surface area contributed by atoms with Crippen LogP contribution in [0.4, 0.5) is 0 Å². The van der Waals surface area contributed by atoms with Gasteiger partial charge in [-0.3, -0.25) is 0 Å². The SMILES string of the molecule is C=CC(CCC=O)C(=C)C. The Morgan fingerprint density at radius 3 is 2.60 bits per heavy atom. The van der Waals surface area contributed by atoms with Crippen LogP contribution in [-0.2, 0) is 4.79 Å². The molecule has 0 aromatic rings. The molecule has 0 saturated carbocycles. The summed E-state index contributed by atoms with van der Waals surface area (Å²) in [5.41, 5.74) is 1.08. The van der Waals surface area contributed by atoms with Crippen LogP contribution in [0.5, 0.6) is 0 Å². The van der Waals surface area contributed by atoms with Gasteiger partial charge in [0.1, 0.15) is 6.29 Å². The number of hydrogen-bond donors (Lipinski definition) is 0. The lowest BCUT2D eigenvalue weighted by molar-refractivity contribution is -0.108. The topological polar surface area (TPSA) is 17.1 Å². The first-order valence-electron chi connectivity index (χ1n) is 3.44. The number of carbonyl (C=O) groups excluding carboxylic acids is 1. The molecule has 0 fully saturated rings. The fourth-order valence-electron chi connectivity index (χ4n) is 0.813. The zero-order valence-corrected chi connectivity index (χ0v) is 6.47. The maximum atomic E-state index is 9.98. The Hall–Kier alpha value is -0.850. The van der Waals surface area contributed by atoms with Gasteiger partial charge in [0.25, 0.3) is 0 Å². The van der Waals surface area contributed by atoms with E-state index in [-0.39, 0.29) is 0 Å². The highest BCUT2D eigenvalue weighted by Gasteiger charge is 2.02. The van der Waals surface area contributed by atoms with Gasteiger partial charge in [0.2, 0.25) is 0 Å². The molecular formula is C9H14O. The average Bonchev–Trinajstić information content (AvgIpc) is 1.89. The van der Waals surface area contributed by atoms with E-state index in [1.165, 1.54) is 0 Å². The molecule has 0 aliphatic rings. The smallest absolute Gasteiger partial charge is 0.120 e. The van der Waals surface area contributed by atoms with E-state index >= 15 is 0 Å². The third-order valence-corrected chi connectivity index (χ3v) is 1.51. The Bertz CT molecular complexity index is 136. The molecule has 0 aromatic carbocycles. The van der Waals surface area contributed by atoms with Crippen molar-refractivity contribution in [2.75, 3.05) is 0 Å². The van der Waals surface area contributed by atoms with Crippen molar-refractivity contribution < 1.29 is 4.79 Å². The Morgan fingerprint density at radius 2 is 2.30 bits per heavy atom. The molecule has 0 N–H and O–H groups in total. The van der Waals surface area contributed by atoms with Gasteiger partial charge in [0, 0.05) is 6.42 Å². The third-order valence-electron chi connectivity index (χ3n) is 1.51. The van der Waals surface area contributed by atoms with Crippen LogP contribution in [0.15, 0.2) is 24.8 Å². The van der Waals surface area contributed by atoms with Crippen LogP contribution < -0.4 is 0 Å². The molecule has 0 radical (unpaired) electrons. The summed E-state index contributed by atoms with van der Waals surface area (Å²) in [7, 11) is 0. The second kappa shape index (κ2) is 4.98. The molecule has 0 bridgehead atoms. The highest BCUT2D eigenvalue weighted by Crippen LogP contribution is 2.14. The van der Waals surface area contributed by atoms with Crippen molar-refractivity contribution in [1.29, 1.82) is 0 Å². The zero-order chi connectivity index (χ0) is 7.98. The highest BCUT2D eigenvalue weighted by molar-refractivity contribution is 5.49. The molecule has 1 heteroatoms. The van der Waals surface area contributed by atoms with Crippen LogP contribution in [-0.4, -0.2) is 6.29 Å². The standard InChI is InChI=1S/C9H14O/c1-4-9(8(2)3)6-5-7-10/h4,7,9H,1-2,5-6H2,3H3. The Kier molecular flexibility index (Phi) is 4.55. The van der Waals surface area contributed by atoms with Gasteiger partial charge in [-0.15, -0.1) is 6.58 Å². The molecule has 1 atom stereocenters. The van der Waals surface area contributed by atoms with E-state index in [4.69, 9.17) is 0 Å². The molecule has 0 rings (SSSR count). The van der Waals surface area contributed by atoms with E-state index in [1.807, 2.05) is 13.0 Å². The van der Waals surface area contributed by atoms with E-state index in [1.54, 1.807) is 0 Å². The van der Waals surface area contributed by atoms with Gasteiger partial charge < -0.3 is 4.79 Å². The second-order valence-electron chi connectivity index (χ2n) is 2.43. The summed E-state index contributed by atoms with van der Waals surface area (Å²) in [4.78, 5) is 9.98. The van der Waals surface area contributed by atoms with E-state index < -0.39 is 0 Å². The van der Waals surface area contributed by atoms with Gasteiger partial charge in [-0.2, -0.15) is 0 Å². The molecule has 1 nitrogen and oxygen atoms in total. The predicted molar refractivity (Wildman–Crippen MR) is 43.8 cm³/mol. The quantitative estimate of drug-likeness (QED) is 0.421. The molecule has 0 aliphatic carbocycles. The largest absolute Gasteiger partial charge is 0.303 e. The molecule has 1 unspecified atom stereocenters. The first-order chi connectivity index (χ1) is 4.72. The van der Waals surface area contributed by atoms with Gasteiger partial charge in [-0.1, -0.05) is 18.2 Å². The van der Waals surface area contributed by atoms with Crippen molar-refractivity contribution in [3.8, 4) is 0 Å². The minimum atomic E-state index is 0.310. The van der Waals surface area contributed by atoms with Crippen molar-refractivity contribution >= 4 is 6.29 Å². The van der Waals surface area contributed by atoms with Crippen molar-refractivity contribution in [2.45, 2.75) is 19.8 Å². The van der Waals surface area contributed by atoms with Gasteiger partial charge in [0.05, 0.1) is 0 Å². The van der Waals surface area contributed by atoms with E-state index in [0.29, 0.717) is 12.3 Å². The Balaban J connectivity index is 3.71. The maximum absolute atomic E-state index is 9.98. The van der Waals surface area contributed by atoms with Crippen molar-refractivity contribution in [2.24, 2.45) is 5.92 Å². The molecule has 0 aromatic heterocycles. The fraction of sp³-hybridized carbons (Fsp3) is 0.444. The molecule has 0 amide bonds. The molecule has 0 spiro atoms. The fourth-order valence-corrected chi connectivity index (χ4v) is 0.813. The van der Waals surface area contributed by atoms with Crippen LogP contribution in [0.1, 0.15) is 19.8 Å².